The van der Waals surface area contributed by atoms with Crippen molar-refractivity contribution in [1.29, 1.82) is 0 Å². The summed E-state index contributed by atoms with van der Waals surface area (Å²) in [6.45, 7) is 4.42. The second-order valence-corrected chi connectivity index (χ2v) is 13.2. The molecule has 1 saturated heterocycles. The number of fused-ring (bicyclic) bond motifs is 1. The number of piperidine rings is 1. The van der Waals surface area contributed by atoms with Crippen molar-refractivity contribution in [3.05, 3.63) is 101 Å². The standard InChI is InChI=1S/C33H36ClN3O3S/c1-36(32(38)30-12-6-18-40-30)23-33(26-9-5-10-28(34)19-26)20-27(33)22-37-16-14-24(15-17-37)21-35-41(39)31-13-4-8-25-7-2-3-11-29(25)31/h2-13,18-19,24,27,35H,14-17,20-23H2,1H3/t27?,33-,41?/m1/s1. The molecule has 2 unspecified atom stereocenters. The van der Waals surface area contributed by atoms with Gasteiger partial charge in [0.05, 0.1) is 11.2 Å². The molecule has 0 radical (unpaired) electrons. The third-order valence-electron chi connectivity index (χ3n) is 8.87. The topological polar surface area (TPSA) is 65.8 Å². The first-order valence-corrected chi connectivity index (χ1v) is 15.9. The Morgan fingerprint density at radius 1 is 1.07 bits per heavy atom. The highest BCUT2D eigenvalue weighted by molar-refractivity contribution is 7.83. The first kappa shape index (κ1) is 28.2. The quantitative estimate of drug-likeness (QED) is 0.241. The van der Waals surface area contributed by atoms with Crippen LogP contribution in [0.5, 0.6) is 0 Å². The first-order chi connectivity index (χ1) is 19.9. The van der Waals surface area contributed by atoms with Crippen molar-refractivity contribution in [2.75, 3.05) is 39.8 Å². The van der Waals surface area contributed by atoms with Crippen molar-refractivity contribution in [2.45, 2.75) is 29.6 Å². The minimum atomic E-state index is -1.24. The molecule has 6 rings (SSSR count). The minimum absolute atomic E-state index is 0.101. The van der Waals surface area contributed by atoms with Crippen LogP contribution in [0.1, 0.15) is 35.4 Å². The number of benzene rings is 3. The van der Waals surface area contributed by atoms with E-state index in [0.29, 0.717) is 24.1 Å². The predicted octanol–water partition coefficient (Wildman–Crippen LogP) is 6.14. The number of furan rings is 1. The maximum absolute atomic E-state index is 13.1. The minimum Gasteiger partial charge on any atom is -0.459 e. The Balaban J connectivity index is 1.04. The molecule has 1 aromatic heterocycles. The van der Waals surface area contributed by atoms with Gasteiger partial charge in [-0.2, -0.15) is 0 Å². The largest absolute Gasteiger partial charge is 0.459 e. The molecule has 214 valence electrons. The number of halogens is 1. The van der Waals surface area contributed by atoms with Gasteiger partial charge in [0.2, 0.25) is 0 Å². The number of likely N-dealkylation sites (N-methyl/N-ethyl adjacent to an activating group) is 1. The highest BCUT2D eigenvalue weighted by Gasteiger charge is 2.56. The molecule has 1 N–H and O–H groups in total. The Morgan fingerprint density at radius 3 is 2.63 bits per heavy atom. The summed E-state index contributed by atoms with van der Waals surface area (Å²) < 4.78 is 21.8. The number of nitrogens with zero attached hydrogens (tertiary/aromatic N) is 2. The number of hydrogen-bond donors (Lipinski definition) is 1. The molecule has 1 amide bonds. The highest BCUT2D eigenvalue weighted by atomic mass is 35.5. The molecule has 0 spiro atoms. The van der Waals surface area contributed by atoms with Gasteiger partial charge in [-0.05, 0) is 90.9 Å². The molecule has 0 bridgehead atoms. The maximum Gasteiger partial charge on any atom is 0.289 e. The van der Waals surface area contributed by atoms with Crippen molar-refractivity contribution >= 4 is 39.3 Å². The third-order valence-corrected chi connectivity index (χ3v) is 10.3. The van der Waals surface area contributed by atoms with E-state index in [1.807, 2.05) is 49.5 Å². The van der Waals surface area contributed by atoms with Crippen molar-refractivity contribution in [3.8, 4) is 0 Å². The van der Waals surface area contributed by atoms with Crippen LogP contribution in [0.25, 0.3) is 10.8 Å². The molecule has 1 aliphatic carbocycles. The van der Waals surface area contributed by atoms with Crippen LogP contribution in [-0.2, 0) is 16.4 Å². The van der Waals surface area contributed by atoms with E-state index in [1.54, 1.807) is 17.0 Å². The normalized spacial score (nSPS) is 22.0. The fourth-order valence-electron chi connectivity index (χ4n) is 6.45. The number of carbonyl (C=O) groups excluding carboxylic acids is 1. The predicted molar refractivity (Wildman–Crippen MR) is 164 cm³/mol. The van der Waals surface area contributed by atoms with Crippen LogP contribution >= 0.6 is 11.6 Å². The lowest BCUT2D eigenvalue weighted by Gasteiger charge is -2.33. The fourth-order valence-corrected chi connectivity index (χ4v) is 7.77. The third kappa shape index (κ3) is 6.14. The van der Waals surface area contributed by atoms with Gasteiger partial charge in [0, 0.05) is 37.1 Å². The van der Waals surface area contributed by atoms with E-state index in [-0.39, 0.29) is 11.3 Å². The Morgan fingerprint density at radius 2 is 1.85 bits per heavy atom. The Kier molecular flexibility index (Phi) is 8.31. The number of carbonyl (C=O) groups is 1. The van der Waals surface area contributed by atoms with Crippen LogP contribution < -0.4 is 4.72 Å². The lowest BCUT2D eigenvalue weighted by molar-refractivity contribution is 0.0744. The SMILES string of the molecule is CN(C[C@@]1(c2cccc(Cl)c2)CC1CN1CCC(CNS(=O)c2cccc3ccccc23)CC1)C(=O)c1ccco1. The molecule has 6 nitrogen and oxygen atoms in total. The van der Waals surface area contributed by atoms with Gasteiger partial charge in [-0.3, -0.25) is 4.79 Å². The monoisotopic (exact) mass is 589 g/mol. The molecule has 2 fully saturated rings. The zero-order valence-electron chi connectivity index (χ0n) is 23.3. The number of likely N-dealkylation sites (tertiary alicyclic amines) is 1. The Hall–Kier alpha value is -2.97. The van der Waals surface area contributed by atoms with Crippen molar-refractivity contribution < 1.29 is 13.4 Å². The molecule has 1 saturated carbocycles. The summed E-state index contributed by atoms with van der Waals surface area (Å²) in [5.74, 6) is 1.21. The van der Waals surface area contributed by atoms with Crippen molar-refractivity contribution in [2.24, 2.45) is 11.8 Å². The van der Waals surface area contributed by atoms with Gasteiger partial charge >= 0.3 is 0 Å². The molecular weight excluding hydrogens is 554 g/mol. The van der Waals surface area contributed by atoms with E-state index >= 15 is 0 Å². The van der Waals surface area contributed by atoms with Gasteiger partial charge in [0.1, 0.15) is 11.0 Å². The molecule has 3 atom stereocenters. The van der Waals surface area contributed by atoms with Gasteiger partial charge in [0.25, 0.3) is 5.91 Å². The highest BCUT2D eigenvalue weighted by Crippen LogP contribution is 2.55. The van der Waals surface area contributed by atoms with E-state index in [9.17, 15) is 9.00 Å². The first-order valence-electron chi connectivity index (χ1n) is 14.3. The van der Waals surface area contributed by atoms with Crippen molar-refractivity contribution in [3.63, 3.8) is 0 Å². The van der Waals surface area contributed by atoms with E-state index in [4.69, 9.17) is 16.0 Å². The molecule has 4 aromatic rings. The summed E-state index contributed by atoms with van der Waals surface area (Å²) in [5, 5.41) is 2.88. The van der Waals surface area contributed by atoms with Gasteiger partial charge in [0.15, 0.2) is 5.76 Å². The smallest absolute Gasteiger partial charge is 0.289 e. The van der Waals surface area contributed by atoms with Crippen LogP contribution in [0.2, 0.25) is 5.02 Å². The summed E-state index contributed by atoms with van der Waals surface area (Å²) >= 11 is 6.40. The zero-order chi connectivity index (χ0) is 28.4. The summed E-state index contributed by atoms with van der Waals surface area (Å²) in [6.07, 6.45) is 4.71. The van der Waals surface area contributed by atoms with Gasteiger partial charge in [-0.15, -0.1) is 0 Å². The van der Waals surface area contributed by atoms with Gasteiger partial charge in [-0.1, -0.05) is 60.1 Å². The van der Waals surface area contributed by atoms with Crippen LogP contribution in [0.3, 0.4) is 0 Å². The van der Waals surface area contributed by atoms with Gasteiger partial charge < -0.3 is 14.2 Å². The van der Waals surface area contributed by atoms with E-state index in [1.165, 1.54) is 11.8 Å². The number of amides is 1. The summed E-state index contributed by atoms with van der Waals surface area (Å²) in [6, 6.07) is 25.6. The summed E-state index contributed by atoms with van der Waals surface area (Å²) in [4.78, 5) is 18.2. The average Bonchev–Trinajstić information content (AvgIpc) is 3.39. The molecule has 2 aliphatic rings. The second-order valence-electron chi connectivity index (χ2n) is 11.5. The van der Waals surface area contributed by atoms with Crippen LogP contribution in [0.4, 0.5) is 0 Å². The van der Waals surface area contributed by atoms with Crippen LogP contribution in [-0.4, -0.2) is 59.7 Å². The molecule has 2 heterocycles. The van der Waals surface area contributed by atoms with Gasteiger partial charge in [-0.25, -0.2) is 8.93 Å². The number of rotatable bonds is 10. The lowest BCUT2D eigenvalue weighted by Crippen LogP contribution is -2.40. The number of nitrogens with one attached hydrogen (secondary N) is 1. The summed E-state index contributed by atoms with van der Waals surface area (Å²) in [5.41, 5.74) is 1.08. The fraction of sp³-hybridized carbons (Fsp3) is 0.364. The zero-order valence-corrected chi connectivity index (χ0v) is 24.9. The van der Waals surface area contributed by atoms with Crippen molar-refractivity contribution in [1.82, 2.24) is 14.5 Å². The van der Waals surface area contributed by atoms with E-state index < -0.39 is 11.0 Å². The molecular formula is C33H36ClN3O3S. The van der Waals surface area contributed by atoms with E-state index in [0.717, 1.165) is 66.1 Å². The average molecular weight is 590 g/mol. The molecule has 3 aromatic carbocycles. The van der Waals surface area contributed by atoms with E-state index in [2.05, 4.69) is 33.9 Å². The maximum atomic E-state index is 13.1. The second kappa shape index (κ2) is 12.1. The van der Waals surface area contributed by atoms with Crippen LogP contribution in [0, 0.1) is 11.8 Å². The molecule has 1 aliphatic heterocycles. The number of hydrogen-bond acceptors (Lipinski definition) is 4. The molecule has 8 heteroatoms. The lowest BCUT2D eigenvalue weighted by atomic mass is 9.91. The Labute approximate surface area is 249 Å². The van der Waals surface area contributed by atoms with Crippen LogP contribution in [0.15, 0.2) is 94.4 Å². The molecule has 41 heavy (non-hydrogen) atoms. The Bertz CT molecular complexity index is 1530. The summed E-state index contributed by atoms with van der Waals surface area (Å²) in [7, 11) is 0.619.